The molecule has 0 aliphatic carbocycles. The number of ether oxygens (including phenoxy) is 1. The van der Waals surface area contributed by atoms with Crippen molar-refractivity contribution in [2.24, 2.45) is 0 Å². The second kappa shape index (κ2) is 6.12. The first-order valence-electron chi connectivity index (χ1n) is 6.71. The monoisotopic (exact) mass is 405 g/mol. The summed E-state index contributed by atoms with van der Waals surface area (Å²) in [5.41, 5.74) is 0.595. The van der Waals surface area contributed by atoms with Crippen LogP contribution >= 0.6 is 15.9 Å². The van der Waals surface area contributed by atoms with E-state index in [-0.39, 0.29) is 13.0 Å². The Morgan fingerprint density at radius 3 is 2.48 bits per heavy atom. The maximum atomic E-state index is 12.0. The summed E-state index contributed by atoms with van der Waals surface area (Å²) in [4.78, 5) is 24.7. The van der Waals surface area contributed by atoms with Gasteiger partial charge in [0.15, 0.2) is 14.6 Å². The van der Waals surface area contributed by atoms with E-state index in [0.29, 0.717) is 5.69 Å². The van der Waals surface area contributed by atoms with Gasteiger partial charge in [-0.25, -0.2) is 13.2 Å². The Morgan fingerprint density at radius 1 is 1.43 bits per heavy atom. The molecule has 0 aromatic heterocycles. The Bertz CT molecular complexity index is 732. The number of cyclic esters (lactones) is 1. The third kappa shape index (κ3) is 3.50. The Hall–Kier alpha value is -1.61. The van der Waals surface area contributed by atoms with Crippen LogP contribution in [0.3, 0.4) is 0 Å². The fraction of sp³-hybridized carbons (Fsp3) is 0.429. The number of sulfone groups is 1. The topological polar surface area (TPSA) is 101 Å². The molecule has 1 saturated heterocycles. The second-order valence-electron chi connectivity index (χ2n) is 5.61. The van der Waals surface area contributed by atoms with Gasteiger partial charge in [-0.3, -0.25) is 9.69 Å². The van der Waals surface area contributed by atoms with E-state index in [0.717, 1.165) is 17.7 Å². The minimum absolute atomic E-state index is 0.0961. The quantitative estimate of drug-likeness (QED) is 0.804. The van der Waals surface area contributed by atoms with Crippen molar-refractivity contribution >= 4 is 43.5 Å². The predicted octanol–water partition coefficient (Wildman–Crippen LogP) is 2.05. The molecule has 1 heterocycles. The van der Waals surface area contributed by atoms with Crippen molar-refractivity contribution in [1.82, 2.24) is 0 Å². The largest absolute Gasteiger partial charge is 0.480 e. The average Bonchev–Trinajstić information content (AvgIpc) is 2.78. The zero-order valence-corrected chi connectivity index (χ0v) is 14.9. The van der Waals surface area contributed by atoms with Gasteiger partial charge in [0.2, 0.25) is 0 Å². The van der Waals surface area contributed by atoms with Crippen molar-refractivity contribution in [3.8, 4) is 0 Å². The van der Waals surface area contributed by atoms with Crippen molar-refractivity contribution in [2.75, 3.05) is 17.7 Å². The summed E-state index contributed by atoms with van der Waals surface area (Å²) in [6, 6.07) is 6.93. The molecule has 9 heteroatoms. The van der Waals surface area contributed by atoms with E-state index >= 15 is 0 Å². The second-order valence-corrected chi connectivity index (χ2v) is 8.97. The summed E-state index contributed by atoms with van der Waals surface area (Å²) in [6.45, 7) is 1.22. The molecule has 0 radical (unpaired) electrons. The normalized spacial score (nSPS) is 20.9. The predicted molar refractivity (Wildman–Crippen MR) is 87.3 cm³/mol. The highest BCUT2D eigenvalue weighted by Gasteiger charge is 2.48. The maximum absolute atomic E-state index is 12.0. The third-order valence-corrected chi connectivity index (χ3v) is 6.41. The van der Waals surface area contributed by atoms with Gasteiger partial charge in [0.1, 0.15) is 6.10 Å². The molecular formula is C14H16BrNO6S. The molecule has 1 aromatic carbocycles. The van der Waals surface area contributed by atoms with Gasteiger partial charge in [0, 0.05) is 22.8 Å². The molecule has 126 valence electrons. The van der Waals surface area contributed by atoms with E-state index in [1.165, 1.54) is 4.90 Å². The van der Waals surface area contributed by atoms with Gasteiger partial charge >= 0.3 is 12.1 Å². The SMILES string of the molecule is C[C@@](C[C@H]1CN(c2ccc(Br)cc2)C(=O)O1)(C(=O)O)S(C)(=O)=O. The lowest BCUT2D eigenvalue weighted by Gasteiger charge is -2.24. The molecule has 1 aromatic rings. The number of carbonyl (C=O) groups excluding carboxylic acids is 1. The summed E-state index contributed by atoms with van der Waals surface area (Å²) in [7, 11) is -3.87. The van der Waals surface area contributed by atoms with Crippen LogP contribution in [0.15, 0.2) is 28.7 Å². The summed E-state index contributed by atoms with van der Waals surface area (Å²) < 4.78 is 27.6. The molecule has 1 aliphatic heterocycles. The molecule has 0 bridgehead atoms. The van der Waals surface area contributed by atoms with Crippen molar-refractivity contribution in [1.29, 1.82) is 0 Å². The number of nitrogens with zero attached hydrogens (tertiary/aromatic N) is 1. The number of aliphatic carboxylic acids is 1. The van der Waals surface area contributed by atoms with Crippen molar-refractivity contribution < 1.29 is 27.9 Å². The highest BCUT2D eigenvalue weighted by atomic mass is 79.9. The van der Waals surface area contributed by atoms with Crippen LogP contribution in [0.4, 0.5) is 10.5 Å². The van der Waals surface area contributed by atoms with E-state index in [1.54, 1.807) is 24.3 Å². The number of carboxylic acids is 1. The molecule has 1 amide bonds. The minimum Gasteiger partial charge on any atom is -0.480 e. The van der Waals surface area contributed by atoms with Gasteiger partial charge in [0.25, 0.3) is 0 Å². The molecule has 1 fully saturated rings. The van der Waals surface area contributed by atoms with E-state index in [2.05, 4.69) is 15.9 Å². The highest BCUT2D eigenvalue weighted by Crippen LogP contribution is 2.30. The van der Waals surface area contributed by atoms with E-state index < -0.39 is 32.8 Å². The molecule has 2 rings (SSSR count). The lowest BCUT2D eigenvalue weighted by atomic mass is 10.0. The number of benzene rings is 1. The first kappa shape index (κ1) is 17.7. The molecule has 0 spiro atoms. The molecule has 0 unspecified atom stereocenters. The number of carbonyl (C=O) groups is 2. The smallest absolute Gasteiger partial charge is 0.414 e. The number of halogens is 1. The molecule has 7 nitrogen and oxygen atoms in total. The summed E-state index contributed by atoms with van der Waals surface area (Å²) in [5.74, 6) is -1.46. The van der Waals surface area contributed by atoms with Gasteiger partial charge in [0.05, 0.1) is 6.54 Å². The first-order valence-corrected chi connectivity index (χ1v) is 9.40. The van der Waals surface area contributed by atoms with Crippen molar-refractivity contribution in [3.05, 3.63) is 28.7 Å². The number of hydrogen-bond acceptors (Lipinski definition) is 5. The van der Waals surface area contributed by atoms with E-state index in [9.17, 15) is 23.1 Å². The van der Waals surface area contributed by atoms with Crippen LogP contribution in [0.2, 0.25) is 0 Å². The van der Waals surface area contributed by atoms with Crippen LogP contribution in [-0.2, 0) is 19.4 Å². The number of hydrogen-bond donors (Lipinski definition) is 1. The number of carboxylic acid groups (broad SMARTS) is 1. The Kier molecular flexibility index (Phi) is 4.72. The fourth-order valence-corrected chi connectivity index (χ4v) is 3.36. The molecule has 1 N–H and O–H groups in total. The lowest BCUT2D eigenvalue weighted by molar-refractivity contribution is -0.140. The van der Waals surface area contributed by atoms with Crippen molar-refractivity contribution in [2.45, 2.75) is 24.2 Å². The number of anilines is 1. The third-order valence-electron chi connectivity index (χ3n) is 3.90. The lowest BCUT2D eigenvalue weighted by Crippen LogP contribution is -2.46. The summed E-state index contributed by atoms with van der Waals surface area (Å²) in [6.07, 6.45) is -0.884. The van der Waals surface area contributed by atoms with Crippen LogP contribution in [0.25, 0.3) is 0 Å². The minimum atomic E-state index is -3.87. The van der Waals surface area contributed by atoms with Crippen molar-refractivity contribution in [3.63, 3.8) is 0 Å². The molecule has 0 saturated carbocycles. The molecular weight excluding hydrogens is 390 g/mol. The summed E-state index contributed by atoms with van der Waals surface area (Å²) in [5, 5.41) is 9.27. The molecule has 1 aliphatic rings. The van der Waals surface area contributed by atoms with Gasteiger partial charge in [-0.1, -0.05) is 15.9 Å². The number of amides is 1. The van der Waals surface area contributed by atoms with Crippen LogP contribution in [0.1, 0.15) is 13.3 Å². The Labute approximate surface area is 142 Å². The van der Waals surface area contributed by atoms with Crippen LogP contribution in [0, 0.1) is 0 Å². The molecule has 23 heavy (non-hydrogen) atoms. The van der Waals surface area contributed by atoms with Gasteiger partial charge < -0.3 is 9.84 Å². The van der Waals surface area contributed by atoms with Gasteiger partial charge in [-0.15, -0.1) is 0 Å². The van der Waals surface area contributed by atoms with Crippen LogP contribution in [-0.4, -0.2) is 49.2 Å². The highest BCUT2D eigenvalue weighted by molar-refractivity contribution is 9.10. The zero-order chi connectivity index (χ0) is 17.4. The summed E-state index contributed by atoms with van der Waals surface area (Å²) >= 11 is 3.29. The van der Waals surface area contributed by atoms with Crippen LogP contribution < -0.4 is 4.90 Å². The Morgan fingerprint density at radius 2 is 2.00 bits per heavy atom. The molecule has 2 atom stereocenters. The Balaban J connectivity index is 2.20. The fourth-order valence-electron chi connectivity index (χ4n) is 2.29. The van der Waals surface area contributed by atoms with Gasteiger partial charge in [-0.2, -0.15) is 0 Å². The average molecular weight is 406 g/mol. The van der Waals surface area contributed by atoms with E-state index in [4.69, 9.17) is 4.74 Å². The van der Waals surface area contributed by atoms with E-state index in [1.807, 2.05) is 0 Å². The van der Waals surface area contributed by atoms with Crippen LogP contribution in [0.5, 0.6) is 0 Å². The maximum Gasteiger partial charge on any atom is 0.414 e. The van der Waals surface area contributed by atoms with Gasteiger partial charge in [-0.05, 0) is 31.2 Å². The number of rotatable bonds is 5. The standard InChI is InChI=1S/C14H16BrNO6S/c1-14(12(17)18,23(2,20)21)7-11-8-16(13(19)22-11)10-5-3-9(15)4-6-10/h3-6,11H,7-8H2,1-2H3,(H,17,18)/t11-,14+/m0/s1. The zero-order valence-electron chi connectivity index (χ0n) is 12.5. The first-order chi connectivity index (χ1) is 10.5.